The molecular formula is C29H32N4O2. The quantitative estimate of drug-likeness (QED) is 0.484. The van der Waals surface area contributed by atoms with Gasteiger partial charge in [0.25, 0.3) is 5.91 Å². The van der Waals surface area contributed by atoms with Crippen molar-refractivity contribution in [3.63, 3.8) is 0 Å². The molecule has 0 bridgehead atoms. The van der Waals surface area contributed by atoms with E-state index in [0.29, 0.717) is 19.4 Å². The van der Waals surface area contributed by atoms with E-state index in [-0.39, 0.29) is 18.5 Å². The van der Waals surface area contributed by atoms with Gasteiger partial charge in [0.15, 0.2) is 0 Å². The van der Waals surface area contributed by atoms with Gasteiger partial charge in [0.1, 0.15) is 5.54 Å². The minimum atomic E-state index is -0.736. The first kappa shape index (κ1) is 23.2. The summed E-state index contributed by atoms with van der Waals surface area (Å²) in [7, 11) is 0. The van der Waals surface area contributed by atoms with Gasteiger partial charge < -0.3 is 4.90 Å². The van der Waals surface area contributed by atoms with Gasteiger partial charge >= 0.3 is 6.03 Å². The van der Waals surface area contributed by atoms with Crippen LogP contribution in [0.15, 0.2) is 72.9 Å². The van der Waals surface area contributed by atoms with Gasteiger partial charge in [-0.2, -0.15) is 0 Å². The molecule has 5 rings (SSSR count). The number of aryl methyl sites for hydroxylation is 1. The molecular weight excluding hydrogens is 436 g/mol. The predicted octanol–water partition coefficient (Wildman–Crippen LogP) is 4.88. The van der Waals surface area contributed by atoms with Crippen LogP contribution in [0.4, 0.5) is 4.79 Å². The van der Waals surface area contributed by atoms with Gasteiger partial charge in [0, 0.05) is 32.4 Å². The number of hydrogen-bond donors (Lipinski definition) is 0. The molecule has 2 aliphatic rings. The molecule has 2 aliphatic heterocycles. The third-order valence-corrected chi connectivity index (χ3v) is 7.46. The van der Waals surface area contributed by atoms with E-state index in [0.717, 1.165) is 25.3 Å². The predicted molar refractivity (Wildman–Crippen MR) is 136 cm³/mol. The minimum absolute atomic E-state index is 0.0730. The molecule has 0 atom stereocenters. The summed E-state index contributed by atoms with van der Waals surface area (Å²) in [6.07, 6.45) is 3.00. The molecule has 3 aromatic rings. The van der Waals surface area contributed by atoms with Gasteiger partial charge in [-0.3, -0.25) is 19.6 Å². The maximum absolute atomic E-state index is 13.6. The van der Waals surface area contributed by atoms with E-state index >= 15 is 0 Å². The number of hydrogen-bond acceptors (Lipinski definition) is 4. The van der Waals surface area contributed by atoms with Crippen LogP contribution < -0.4 is 0 Å². The summed E-state index contributed by atoms with van der Waals surface area (Å²) in [5.41, 5.74) is 5.01. The van der Waals surface area contributed by atoms with Gasteiger partial charge in [-0.05, 0) is 67.1 Å². The van der Waals surface area contributed by atoms with E-state index < -0.39 is 5.54 Å². The molecule has 0 aliphatic carbocycles. The zero-order valence-electron chi connectivity index (χ0n) is 20.5. The molecule has 2 aromatic carbocycles. The van der Waals surface area contributed by atoms with E-state index in [4.69, 9.17) is 0 Å². The van der Waals surface area contributed by atoms with Crippen LogP contribution >= 0.6 is 0 Å². The van der Waals surface area contributed by atoms with Crippen LogP contribution in [0.1, 0.15) is 36.6 Å². The molecule has 2 fully saturated rings. The fourth-order valence-corrected chi connectivity index (χ4v) is 5.57. The summed E-state index contributed by atoms with van der Waals surface area (Å²) in [6.45, 7) is 7.25. The summed E-state index contributed by atoms with van der Waals surface area (Å²) >= 11 is 0. The Balaban J connectivity index is 1.29. The topological polar surface area (TPSA) is 56.8 Å². The van der Waals surface area contributed by atoms with Crippen molar-refractivity contribution in [2.45, 2.75) is 45.3 Å². The Morgan fingerprint density at radius 1 is 0.914 bits per heavy atom. The second-order valence-corrected chi connectivity index (χ2v) is 9.56. The van der Waals surface area contributed by atoms with E-state index in [2.05, 4.69) is 65.3 Å². The minimum Gasteiger partial charge on any atom is -0.310 e. The van der Waals surface area contributed by atoms with Crippen LogP contribution in [-0.4, -0.2) is 56.8 Å². The van der Waals surface area contributed by atoms with Crippen molar-refractivity contribution in [3.8, 4) is 11.1 Å². The highest BCUT2D eigenvalue weighted by atomic mass is 16.2. The van der Waals surface area contributed by atoms with Gasteiger partial charge in [0.05, 0.1) is 12.2 Å². The highest BCUT2D eigenvalue weighted by molar-refractivity contribution is 6.07. The van der Waals surface area contributed by atoms with Crippen LogP contribution in [0.5, 0.6) is 0 Å². The maximum Gasteiger partial charge on any atom is 0.328 e. The number of urea groups is 1. The number of aromatic nitrogens is 1. The van der Waals surface area contributed by atoms with Crippen molar-refractivity contribution in [1.29, 1.82) is 0 Å². The molecule has 3 heterocycles. The summed E-state index contributed by atoms with van der Waals surface area (Å²) in [5.74, 6) is -0.0730. The smallest absolute Gasteiger partial charge is 0.310 e. The van der Waals surface area contributed by atoms with Crippen molar-refractivity contribution in [3.05, 3.63) is 89.7 Å². The Morgan fingerprint density at radius 2 is 1.69 bits per heavy atom. The lowest BCUT2D eigenvalue weighted by Crippen LogP contribution is -2.56. The molecule has 2 saturated heterocycles. The zero-order chi connectivity index (χ0) is 24.4. The normalized spacial score (nSPS) is 18.0. The molecule has 0 radical (unpaired) electrons. The van der Waals surface area contributed by atoms with Crippen LogP contribution in [0, 0.1) is 6.92 Å². The van der Waals surface area contributed by atoms with E-state index in [9.17, 15) is 9.59 Å². The number of likely N-dealkylation sites (tertiary alicyclic amines) is 1. The average molecular weight is 469 g/mol. The molecule has 3 amide bonds. The molecule has 35 heavy (non-hydrogen) atoms. The summed E-state index contributed by atoms with van der Waals surface area (Å²) in [6, 6.07) is 22.6. The molecule has 1 spiro atoms. The van der Waals surface area contributed by atoms with E-state index in [1.54, 1.807) is 11.1 Å². The highest BCUT2D eigenvalue weighted by Crippen LogP contribution is 2.38. The largest absolute Gasteiger partial charge is 0.328 e. The summed E-state index contributed by atoms with van der Waals surface area (Å²) < 4.78 is 0. The van der Waals surface area contributed by atoms with Gasteiger partial charge in [-0.1, -0.05) is 48.5 Å². The number of carbonyl (C=O) groups excluding carboxylic acids is 2. The standard InChI is InChI=1S/C29H32N4O2/c1-3-33-28(35)32(21-25-12-6-7-16-30-25)27(34)29(33)14-17-31(18-15-29)20-23-10-8-11-24(19-23)26-13-5-4-9-22(26)2/h4-13,16,19H,3,14-15,17-18,20-21H2,1-2H3. The first-order chi connectivity index (χ1) is 17.0. The Bertz CT molecular complexity index is 1220. The van der Waals surface area contributed by atoms with Crippen molar-refractivity contribution in [2.24, 2.45) is 0 Å². The van der Waals surface area contributed by atoms with Crippen LogP contribution in [0.3, 0.4) is 0 Å². The van der Waals surface area contributed by atoms with Crippen LogP contribution in [0.25, 0.3) is 11.1 Å². The van der Waals surface area contributed by atoms with Gasteiger partial charge in [0.2, 0.25) is 0 Å². The second-order valence-electron chi connectivity index (χ2n) is 9.56. The Labute approximate surface area is 207 Å². The van der Waals surface area contributed by atoms with Crippen molar-refractivity contribution in [1.82, 2.24) is 19.7 Å². The molecule has 0 saturated carbocycles. The first-order valence-corrected chi connectivity index (χ1v) is 12.4. The Kier molecular flexibility index (Phi) is 6.39. The third-order valence-electron chi connectivity index (χ3n) is 7.46. The van der Waals surface area contributed by atoms with E-state index in [1.165, 1.54) is 27.2 Å². The number of imide groups is 1. The number of amides is 3. The maximum atomic E-state index is 13.6. The fraction of sp³-hybridized carbons (Fsp3) is 0.345. The lowest BCUT2D eigenvalue weighted by molar-refractivity contribution is -0.136. The van der Waals surface area contributed by atoms with Crippen molar-refractivity contribution in [2.75, 3.05) is 19.6 Å². The summed E-state index contributed by atoms with van der Waals surface area (Å²) in [5, 5.41) is 0. The van der Waals surface area contributed by atoms with Crippen LogP contribution in [-0.2, 0) is 17.9 Å². The summed E-state index contributed by atoms with van der Waals surface area (Å²) in [4.78, 5) is 36.7. The highest BCUT2D eigenvalue weighted by Gasteiger charge is 2.57. The fourth-order valence-electron chi connectivity index (χ4n) is 5.57. The SMILES string of the molecule is CCN1C(=O)N(Cc2ccccn2)C(=O)C12CCN(Cc1cccc(-c3ccccc3C)c1)CC2. The van der Waals surface area contributed by atoms with Crippen molar-refractivity contribution >= 4 is 11.9 Å². The average Bonchev–Trinajstić information content (AvgIpc) is 3.07. The van der Waals surface area contributed by atoms with Crippen molar-refractivity contribution < 1.29 is 9.59 Å². The molecule has 6 nitrogen and oxygen atoms in total. The lowest BCUT2D eigenvalue weighted by Gasteiger charge is -2.42. The number of pyridine rings is 1. The first-order valence-electron chi connectivity index (χ1n) is 12.4. The Morgan fingerprint density at radius 3 is 2.40 bits per heavy atom. The Hall–Kier alpha value is -3.51. The van der Waals surface area contributed by atoms with Crippen LogP contribution in [0.2, 0.25) is 0 Å². The number of likely N-dealkylation sites (N-methyl/N-ethyl adjacent to an activating group) is 1. The number of piperidine rings is 1. The number of carbonyl (C=O) groups is 2. The lowest BCUT2D eigenvalue weighted by atomic mass is 9.85. The number of benzene rings is 2. The molecule has 6 heteroatoms. The monoisotopic (exact) mass is 468 g/mol. The van der Waals surface area contributed by atoms with Gasteiger partial charge in [-0.15, -0.1) is 0 Å². The third kappa shape index (κ3) is 4.34. The number of rotatable bonds is 6. The molecule has 180 valence electrons. The number of nitrogens with zero attached hydrogens (tertiary/aromatic N) is 4. The second kappa shape index (κ2) is 9.62. The van der Waals surface area contributed by atoms with E-state index in [1.807, 2.05) is 25.1 Å². The molecule has 0 unspecified atom stereocenters. The zero-order valence-corrected chi connectivity index (χ0v) is 20.5. The molecule has 1 aromatic heterocycles. The molecule has 0 N–H and O–H groups in total. The van der Waals surface area contributed by atoms with Gasteiger partial charge in [-0.25, -0.2) is 4.79 Å².